The van der Waals surface area contributed by atoms with Gasteiger partial charge in [-0.2, -0.15) is 5.10 Å². The summed E-state index contributed by atoms with van der Waals surface area (Å²) in [6.07, 6.45) is 3.08. The summed E-state index contributed by atoms with van der Waals surface area (Å²) in [6, 6.07) is 4.05. The summed E-state index contributed by atoms with van der Waals surface area (Å²) in [5, 5.41) is 3.92. The molecular formula is C12H10ClFN2O2. The van der Waals surface area contributed by atoms with E-state index in [9.17, 15) is 9.18 Å². The standard InChI is InChI=1S/C12H10ClFN2O2/c1-2-18-12(17)8-6-11(10(14)7-9(8)13)16-5-3-4-15-16/h3-7H,2H2,1H3. The number of nitrogens with zero attached hydrogens (tertiary/aromatic N) is 2. The number of carbonyl (C=O) groups excluding carboxylic acids is 1. The number of halogens is 2. The first-order chi connectivity index (χ1) is 8.63. The predicted octanol–water partition coefficient (Wildman–Crippen LogP) is 2.84. The van der Waals surface area contributed by atoms with Gasteiger partial charge >= 0.3 is 5.97 Å². The summed E-state index contributed by atoms with van der Waals surface area (Å²) >= 11 is 5.82. The van der Waals surface area contributed by atoms with Crippen LogP contribution in [0.1, 0.15) is 17.3 Å². The minimum absolute atomic E-state index is 0.0156. The summed E-state index contributed by atoms with van der Waals surface area (Å²) in [5.74, 6) is -1.15. The molecule has 0 atom stereocenters. The number of aromatic nitrogens is 2. The number of carbonyl (C=O) groups is 1. The van der Waals surface area contributed by atoms with Crippen molar-refractivity contribution >= 4 is 17.6 Å². The highest BCUT2D eigenvalue weighted by Gasteiger charge is 2.16. The monoisotopic (exact) mass is 268 g/mol. The van der Waals surface area contributed by atoms with Gasteiger partial charge < -0.3 is 4.74 Å². The van der Waals surface area contributed by atoms with Gasteiger partial charge in [0.2, 0.25) is 0 Å². The van der Waals surface area contributed by atoms with Gasteiger partial charge in [-0.15, -0.1) is 0 Å². The van der Waals surface area contributed by atoms with Crippen LogP contribution in [-0.2, 0) is 4.74 Å². The van der Waals surface area contributed by atoms with Gasteiger partial charge in [-0.05, 0) is 25.1 Å². The molecule has 0 radical (unpaired) electrons. The van der Waals surface area contributed by atoms with Crippen molar-refractivity contribution < 1.29 is 13.9 Å². The van der Waals surface area contributed by atoms with Crippen LogP contribution in [0.25, 0.3) is 5.69 Å². The van der Waals surface area contributed by atoms with E-state index < -0.39 is 11.8 Å². The second-order valence-corrected chi connectivity index (χ2v) is 3.86. The summed E-state index contributed by atoms with van der Waals surface area (Å²) in [7, 11) is 0. The Bertz CT molecular complexity index is 570. The average molecular weight is 269 g/mol. The molecule has 0 amide bonds. The van der Waals surface area contributed by atoms with Crippen LogP contribution < -0.4 is 0 Å². The fraction of sp³-hybridized carbons (Fsp3) is 0.167. The van der Waals surface area contributed by atoms with Crippen LogP contribution in [0, 0.1) is 5.82 Å². The highest BCUT2D eigenvalue weighted by atomic mass is 35.5. The Balaban J connectivity index is 2.49. The van der Waals surface area contributed by atoms with E-state index in [0.29, 0.717) is 0 Å². The lowest BCUT2D eigenvalue weighted by molar-refractivity contribution is 0.0526. The molecule has 4 nitrogen and oxygen atoms in total. The number of esters is 1. The van der Waals surface area contributed by atoms with E-state index in [1.165, 1.54) is 16.9 Å². The molecule has 0 saturated carbocycles. The van der Waals surface area contributed by atoms with Gasteiger partial charge in [0.25, 0.3) is 0 Å². The normalized spacial score (nSPS) is 10.4. The van der Waals surface area contributed by atoms with Crippen molar-refractivity contribution in [2.75, 3.05) is 6.61 Å². The molecule has 1 aromatic heterocycles. The Morgan fingerprint density at radius 3 is 2.94 bits per heavy atom. The third kappa shape index (κ3) is 2.36. The van der Waals surface area contributed by atoms with Crippen LogP contribution in [0.4, 0.5) is 4.39 Å². The number of hydrogen-bond donors (Lipinski definition) is 0. The summed E-state index contributed by atoms with van der Waals surface area (Å²) in [5.41, 5.74) is 0.262. The van der Waals surface area contributed by atoms with Gasteiger partial charge in [-0.1, -0.05) is 11.6 Å². The lowest BCUT2D eigenvalue weighted by Crippen LogP contribution is -2.08. The first-order valence-electron chi connectivity index (χ1n) is 5.29. The van der Waals surface area contributed by atoms with E-state index in [2.05, 4.69) is 5.10 Å². The zero-order valence-electron chi connectivity index (χ0n) is 9.56. The highest BCUT2D eigenvalue weighted by molar-refractivity contribution is 6.33. The SMILES string of the molecule is CCOC(=O)c1cc(-n2cccn2)c(F)cc1Cl. The van der Waals surface area contributed by atoms with Crippen LogP contribution in [0.5, 0.6) is 0 Å². The van der Waals surface area contributed by atoms with Crippen molar-refractivity contribution in [3.63, 3.8) is 0 Å². The lowest BCUT2D eigenvalue weighted by Gasteiger charge is -2.08. The van der Waals surface area contributed by atoms with Crippen LogP contribution in [0.2, 0.25) is 5.02 Å². The molecular weight excluding hydrogens is 259 g/mol. The number of rotatable bonds is 3. The summed E-state index contributed by atoms with van der Waals surface area (Å²) in [6.45, 7) is 1.91. The minimum atomic E-state index is -0.587. The van der Waals surface area contributed by atoms with Gasteiger partial charge in [-0.25, -0.2) is 13.9 Å². The Labute approximate surface area is 108 Å². The molecule has 1 heterocycles. The van der Waals surface area contributed by atoms with Crippen molar-refractivity contribution in [2.24, 2.45) is 0 Å². The first kappa shape index (κ1) is 12.6. The van der Waals surface area contributed by atoms with Gasteiger partial charge in [0.1, 0.15) is 11.5 Å². The molecule has 0 N–H and O–H groups in total. The van der Waals surface area contributed by atoms with Crippen molar-refractivity contribution in [3.8, 4) is 5.69 Å². The van der Waals surface area contributed by atoms with Crippen LogP contribution >= 0.6 is 11.6 Å². The lowest BCUT2D eigenvalue weighted by atomic mass is 10.2. The third-order valence-electron chi connectivity index (χ3n) is 2.28. The molecule has 2 aromatic rings. The largest absolute Gasteiger partial charge is 0.462 e. The summed E-state index contributed by atoms with van der Waals surface area (Å²) in [4.78, 5) is 11.6. The quantitative estimate of drug-likeness (QED) is 0.804. The molecule has 2 rings (SSSR count). The molecule has 18 heavy (non-hydrogen) atoms. The highest BCUT2D eigenvalue weighted by Crippen LogP contribution is 2.23. The molecule has 0 unspecified atom stereocenters. The molecule has 0 fully saturated rings. The van der Waals surface area contributed by atoms with Crippen molar-refractivity contribution in [1.82, 2.24) is 9.78 Å². The van der Waals surface area contributed by atoms with E-state index in [4.69, 9.17) is 16.3 Å². The van der Waals surface area contributed by atoms with E-state index in [1.54, 1.807) is 19.2 Å². The molecule has 94 valence electrons. The van der Waals surface area contributed by atoms with E-state index >= 15 is 0 Å². The predicted molar refractivity (Wildman–Crippen MR) is 64.5 cm³/mol. The van der Waals surface area contributed by atoms with Gasteiger partial charge in [0.05, 0.1) is 17.2 Å². The topological polar surface area (TPSA) is 44.1 Å². The smallest absolute Gasteiger partial charge is 0.339 e. The second-order valence-electron chi connectivity index (χ2n) is 3.45. The maximum atomic E-state index is 13.7. The molecule has 6 heteroatoms. The van der Waals surface area contributed by atoms with Gasteiger partial charge in [0.15, 0.2) is 0 Å². The third-order valence-corrected chi connectivity index (χ3v) is 2.60. The zero-order chi connectivity index (χ0) is 13.1. The van der Waals surface area contributed by atoms with Crippen molar-refractivity contribution in [3.05, 3.63) is 47.0 Å². The molecule has 0 spiro atoms. The van der Waals surface area contributed by atoms with E-state index in [1.807, 2.05) is 0 Å². The average Bonchev–Trinajstić information content (AvgIpc) is 2.82. The number of hydrogen-bond acceptors (Lipinski definition) is 3. The molecule has 0 aliphatic heterocycles. The Morgan fingerprint density at radius 1 is 1.56 bits per heavy atom. The summed E-state index contributed by atoms with van der Waals surface area (Å²) < 4.78 is 19.9. The molecule has 0 aliphatic rings. The number of benzene rings is 1. The van der Waals surface area contributed by atoms with Gasteiger partial charge in [0, 0.05) is 12.4 Å². The maximum absolute atomic E-state index is 13.7. The van der Waals surface area contributed by atoms with E-state index in [-0.39, 0.29) is 22.9 Å². The Hall–Kier alpha value is -1.88. The Morgan fingerprint density at radius 2 is 2.33 bits per heavy atom. The first-order valence-corrected chi connectivity index (χ1v) is 5.67. The van der Waals surface area contributed by atoms with Crippen LogP contribution in [0.15, 0.2) is 30.6 Å². The fourth-order valence-electron chi connectivity index (χ4n) is 1.49. The van der Waals surface area contributed by atoms with E-state index in [0.717, 1.165) is 6.07 Å². The maximum Gasteiger partial charge on any atom is 0.339 e. The van der Waals surface area contributed by atoms with Crippen LogP contribution in [-0.4, -0.2) is 22.4 Å². The fourth-order valence-corrected chi connectivity index (χ4v) is 1.72. The molecule has 0 aliphatic carbocycles. The number of ether oxygens (including phenoxy) is 1. The Kier molecular flexibility index (Phi) is 3.62. The van der Waals surface area contributed by atoms with Crippen LogP contribution in [0.3, 0.4) is 0 Å². The molecule has 0 bridgehead atoms. The van der Waals surface area contributed by atoms with Crippen molar-refractivity contribution in [2.45, 2.75) is 6.92 Å². The van der Waals surface area contributed by atoms with Crippen molar-refractivity contribution in [1.29, 1.82) is 0 Å². The molecule has 1 aromatic carbocycles. The minimum Gasteiger partial charge on any atom is -0.462 e. The zero-order valence-corrected chi connectivity index (χ0v) is 10.3. The molecule has 0 saturated heterocycles. The second kappa shape index (κ2) is 5.18. The van der Waals surface area contributed by atoms with Gasteiger partial charge in [-0.3, -0.25) is 0 Å².